The molecule has 1 aliphatic rings. The molecule has 0 bridgehead atoms. The normalized spacial score (nSPS) is 18.0. The summed E-state index contributed by atoms with van der Waals surface area (Å²) >= 11 is 0. The molecule has 2 aromatic carbocycles. The fourth-order valence-corrected chi connectivity index (χ4v) is 2.53. The van der Waals surface area contributed by atoms with Crippen molar-refractivity contribution in [1.29, 1.82) is 0 Å². The summed E-state index contributed by atoms with van der Waals surface area (Å²) in [7, 11) is 0. The molecule has 0 unspecified atom stereocenters. The van der Waals surface area contributed by atoms with Gasteiger partial charge in [0, 0.05) is 0 Å². The Balaban J connectivity index is 1.86. The van der Waals surface area contributed by atoms with E-state index in [2.05, 4.69) is 56.3 Å². The van der Waals surface area contributed by atoms with Gasteiger partial charge in [0.15, 0.2) is 0 Å². The zero-order chi connectivity index (χ0) is 12.5. The minimum atomic E-state index is 0.209. The van der Waals surface area contributed by atoms with E-state index in [1.165, 1.54) is 22.3 Å². The SMILES string of the molecule is Cc1ccc([C@H]2CCc3cc(C)ccc3O2)cc1. The number of fused-ring (bicyclic) bond motifs is 1. The molecule has 1 nitrogen and oxygen atoms in total. The van der Waals surface area contributed by atoms with Crippen molar-refractivity contribution in [3.8, 4) is 5.75 Å². The fourth-order valence-electron chi connectivity index (χ4n) is 2.53. The quantitative estimate of drug-likeness (QED) is 0.716. The van der Waals surface area contributed by atoms with Crippen LogP contribution in [0.4, 0.5) is 0 Å². The van der Waals surface area contributed by atoms with Crippen LogP contribution in [0.2, 0.25) is 0 Å². The first kappa shape index (κ1) is 11.3. The molecule has 0 fully saturated rings. The molecule has 0 aliphatic carbocycles. The van der Waals surface area contributed by atoms with Crippen LogP contribution in [-0.4, -0.2) is 0 Å². The van der Waals surface area contributed by atoms with E-state index in [0.717, 1.165) is 18.6 Å². The van der Waals surface area contributed by atoms with Gasteiger partial charge >= 0.3 is 0 Å². The summed E-state index contributed by atoms with van der Waals surface area (Å²) in [6.07, 6.45) is 2.38. The lowest BCUT2D eigenvalue weighted by atomic mass is 9.96. The van der Waals surface area contributed by atoms with Gasteiger partial charge in [-0.3, -0.25) is 0 Å². The van der Waals surface area contributed by atoms with Crippen LogP contribution in [0.15, 0.2) is 42.5 Å². The molecular weight excluding hydrogens is 220 g/mol. The van der Waals surface area contributed by atoms with E-state index in [-0.39, 0.29) is 6.10 Å². The number of ether oxygens (including phenoxy) is 1. The number of hydrogen-bond acceptors (Lipinski definition) is 1. The molecule has 0 aromatic heterocycles. The van der Waals surface area contributed by atoms with Crippen molar-refractivity contribution in [3.05, 3.63) is 64.7 Å². The molecule has 0 saturated carbocycles. The van der Waals surface area contributed by atoms with Gasteiger partial charge in [0.1, 0.15) is 11.9 Å². The summed E-state index contributed by atoms with van der Waals surface area (Å²) in [6, 6.07) is 15.1. The number of hydrogen-bond donors (Lipinski definition) is 0. The van der Waals surface area contributed by atoms with E-state index in [0.29, 0.717) is 0 Å². The number of rotatable bonds is 1. The van der Waals surface area contributed by atoms with E-state index in [1.54, 1.807) is 0 Å². The monoisotopic (exact) mass is 238 g/mol. The molecule has 3 rings (SSSR count). The van der Waals surface area contributed by atoms with Crippen molar-refractivity contribution in [1.82, 2.24) is 0 Å². The molecule has 1 heterocycles. The highest BCUT2D eigenvalue weighted by Gasteiger charge is 2.20. The van der Waals surface area contributed by atoms with E-state index in [9.17, 15) is 0 Å². The first-order valence-corrected chi connectivity index (χ1v) is 6.55. The Hall–Kier alpha value is -1.76. The van der Waals surface area contributed by atoms with Crippen molar-refractivity contribution in [2.45, 2.75) is 32.8 Å². The van der Waals surface area contributed by atoms with E-state index in [4.69, 9.17) is 4.74 Å². The summed E-state index contributed by atoms with van der Waals surface area (Å²) in [5, 5.41) is 0. The third-order valence-corrected chi connectivity index (χ3v) is 3.61. The molecule has 0 radical (unpaired) electrons. The van der Waals surface area contributed by atoms with Crippen LogP contribution in [0.1, 0.15) is 34.8 Å². The Bertz CT molecular complexity index is 554. The molecule has 0 saturated heterocycles. The van der Waals surface area contributed by atoms with E-state index >= 15 is 0 Å². The highest BCUT2D eigenvalue weighted by Crippen LogP contribution is 2.35. The Kier molecular flexibility index (Phi) is 2.83. The molecule has 92 valence electrons. The summed E-state index contributed by atoms with van der Waals surface area (Å²) in [6.45, 7) is 4.25. The highest BCUT2D eigenvalue weighted by atomic mass is 16.5. The average Bonchev–Trinajstić information content (AvgIpc) is 2.39. The molecule has 0 amide bonds. The van der Waals surface area contributed by atoms with Crippen LogP contribution in [0.5, 0.6) is 5.75 Å². The summed E-state index contributed by atoms with van der Waals surface area (Å²) < 4.78 is 6.11. The Labute approximate surface area is 108 Å². The molecule has 1 heteroatoms. The van der Waals surface area contributed by atoms with Gasteiger partial charge in [-0.2, -0.15) is 0 Å². The second-order valence-electron chi connectivity index (χ2n) is 5.17. The molecule has 1 atom stereocenters. The van der Waals surface area contributed by atoms with Crippen LogP contribution in [0.25, 0.3) is 0 Å². The molecule has 1 aliphatic heterocycles. The van der Waals surface area contributed by atoms with Crippen molar-refractivity contribution >= 4 is 0 Å². The lowest BCUT2D eigenvalue weighted by Crippen LogP contribution is -2.15. The Morgan fingerprint density at radius 1 is 0.944 bits per heavy atom. The van der Waals surface area contributed by atoms with Crippen LogP contribution in [0.3, 0.4) is 0 Å². The standard InChI is InChI=1S/C17H18O/c1-12-3-6-14(7-4-12)16-10-8-15-11-13(2)5-9-17(15)18-16/h3-7,9,11,16H,8,10H2,1-2H3/t16-/m1/s1. The van der Waals surface area contributed by atoms with Gasteiger partial charge in [0.2, 0.25) is 0 Å². The Morgan fingerprint density at radius 3 is 2.44 bits per heavy atom. The maximum atomic E-state index is 6.11. The lowest BCUT2D eigenvalue weighted by Gasteiger charge is -2.26. The van der Waals surface area contributed by atoms with Crippen LogP contribution < -0.4 is 4.74 Å². The number of benzene rings is 2. The van der Waals surface area contributed by atoms with Gasteiger partial charge < -0.3 is 4.74 Å². The van der Waals surface area contributed by atoms with Gasteiger partial charge in [-0.25, -0.2) is 0 Å². The third kappa shape index (κ3) is 2.13. The minimum absolute atomic E-state index is 0.209. The topological polar surface area (TPSA) is 9.23 Å². The lowest BCUT2D eigenvalue weighted by molar-refractivity contribution is 0.176. The van der Waals surface area contributed by atoms with Gasteiger partial charge in [-0.05, 0) is 43.9 Å². The third-order valence-electron chi connectivity index (χ3n) is 3.61. The summed E-state index contributed by atoms with van der Waals surface area (Å²) in [5.41, 5.74) is 5.24. The average molecular weight is 238 g/mol. The summed E-state index contributed by atoms with van der Waals surface area (Å²) in [5.74, 6) is 1.05. The second-order valence-corrected chi connectivity index (χ2v) is 5.17. The van der Waals surface area contributed by atoms with Gasteiger partial charge in [0.05, 0.1) is 0 Å². The van der Waals surface area contributed by atoms with Crippen molar-refractivity contribution < 1.29 is 4.74 Å². The molecule has 18 heavy (non-hydrogen) atoms. The largest absolute Gasteiger partial charge is 0.485 e. The van der Waals surface area contributed by atoms with Crippen LogP contribution in [0, 0.1) is 13.8 Å². The highest BCUT2D eigenvalue weighted by molar-refractivity contribution is 5.39. The van der Waals surface area contributed by atoms with Crippen LogP contribution in [-0.2, 0) is 6.42 Å². The second kappa shape index (κ2) is 4.49. The van der Waals surface area contributed by atoms with Crippen molar-refractivity contribution in [2.75, 3.05) is 0 Å². The van der Waals surface area contributed by atoms with Crippen LogP contribution >= 0.6 is 0 Å². The van der Waals surface area contributed by atoms with E-state index < -0.39 is 0 Å². The first-order valence-electron chi connectivity index (χ1n) is 6.55. The molecule has 0 N–H and O–H groups in total. The smallest absolute Gasteiger partial charge is 0.124 e. The fraction of sp³-hybridized carbons (Fsp3) is 0.294. The molecular formula is C17H18O. The predicted octanol–water partition coefficient (Wildman–Crippen LogP) is 4.37. The zero-order valence-electron chi connectivity index (χ0n) is 10.9. The summed E-state index contributed by atoms with van der Waals surface area (Å²) in [4.78, 5) is 0. The maximum absolute atomic E-state index is 6.11. The Morgan fingerprint density at radius 2 is 1.67 bits per heavy atom. The number of aryl methyl sites for hydroxylation is 3. The predicted molar refractivity (Wildman–Crippen MR) is 74.0 cm³/mol. The molecule has 0 spiro atoms. The van der Waals surface area contributed by atoms with Gasteiger partial charge in [-0.15, -0.1) is 0 Å². The van der Waals surface area contributed by atoms with Crippen molar-refractivity contribution in [3.63, 3.8) is 0 Å². The van der Waals surface area contributed by atoms with Crippen molar-refractivity contribution in [2.24, 2.45) is 0 Å². The van der Waals surface area contributed by atoms with E-state index in [1.807, 2.05) is 0 Å². The first-order chi connectivity index (χ1) is 8.72. The van der Waals surface area contributed by atoms with Gasteiger partial charge in [-0.1, -0.05) is 47.5 Å². The minimum Gasteiger partial charge on any atom is -0.485 e. The molecule has 2 aromatic rings. The van der Waals surface area contributed by atoms with Gasteiger partial charge in [0.25, 0.3) is 0 Å². The zero-order valence-corrected chi connectivity index (χ0v) is 10.9. The maximum Gasteiger partial charge on any atom is 0.124 e.